The Balaban J connectivity index is 4.58. The van der Waals surface area contributed by atoms with Gasteiger partial charge in [-0.05, 0) is 0 Å². The Hall–Kier alpha value is -0.810. The van der Waals surface area contributed by atoms with Crippen LogP contribution in [0.2, 0.25) is 0 Å². The number of carboxylic acids is 1. The van der Waals surface area contributed by atoms with Gasteiger partial charge in [0.25, 0.3) is 0 Å². The maximum absolute atomic E-state index is 10.3. The third-order valence-corrected chi connectivity index (χ3v) is 2.21. The molecule has 0 saturated carbocycles. The van der Waals surface area contributed by atoms with Crippen LogP contribution in [0.1, 0.15) is 0 Å². The highest BCUT2D eigenvalue weighted by atomic mass is 16.4. The van der Waals surface area contributed by atoms with E-state index < -0.39 is 49.2 Å². The lowest BCUT2D eigenvalue weighted by atomic mass is 9.96. The van der Waals surface area contributed by atoms with Crippen molar-refractivity contribution in [1.29, 1.82) is 0 Å². The first-order valence-electron chi connectivity index (χ1n) is 4.66. The van der Waals surface area contributed by atoms with Crippen molar-refractivity contribution in [3.8, 4) is 0 Å². The van der Waals surface area contributed by atoms with Gasteiger partial charge in [-0.25, -0.2) is 4.79 Å². The summed E-state index contributed by atoms with van der Waals surface area (Å²) < 4.78 is 0. The minimum Gasteiger partial charge on any atom is -0.479 e. The lowest BCUT2D eigenvalue weighted by molar-refractivity contribution is -0.175. The largest absolute Gasteiger partial charge is 0.479 e. The molecule has 0 saturated heterocycles. The molecular weight excluding hydrogens is 240 g/mol. The summed E-state index contributed by atoms with van der Waals surface area (Å²) in [5, 5.41) is 71.4. The average Bonchev–Trinajstić information content (AvgIpc) is 2.32. The fraction of sp³-hybridized carbons (Fsp3) is 0.875. The van der Waals surface area contributed by atoms with Gasteiger partial charge in [0.1, 0.15) is 30.5 Å². The number of carboxylic acid groups (broad SMARTS) is 1. The summed E-state index contributed by atoms with van der Waals surface area (Å²) in [6, 6.07) is 0. The van der Waals surface area contributed by atoms with Gasteiger partial charge >= 0.3 is 5.97 Å². The molecule has 0 unspecified atom stereocenters. The van der Waals surface area contributed by atoms with E-state index in [0.29, 0.717) is 0 Å². The molecule has 0 fully saturated rings. The fourth-order valence-corrected chi connectivity index (χ4v) is 1.07. The molecule has 0 heterocycles. The number of hydrogen-bond acceptors (Lipinski definition) is 8. The predicted octanol–water partition coefficient (Wildman–Crippen LogP) is -4.77. The van der Waals surface area contributed by atoms with Crippen molar-refractivity contribution in [3.05, 3.63) is 0 Å². The van der Waals surface area contributed by atoms with E-state index >= 15 is 0 Å². The molecule has 0 aliphatic heterocycles. The molecule has 0 amide bonds. The summed E-state index contributed by atoms with van der Waals surface area (Å²) in [6.07, 6.45) is -12.8. The third-order valence-electron chi connectivity index (χ3n) is 2.21. The van der Waals surface area contributed by atoms with Crippen molar-refractivity contribution in [1.82, 2.24) is 0 Å². The van der Waals surface area contributed by atoms with E-state index in [-0.39, 0.29) is 0 Å². The van der Waals surface area contributed by atoms with E-state index in [1.165, 1.54) is 0 Å². The average molecular weight is 256 g/mol. The van der Waals surface area contributed by atoms with Gasteiger partial charge in [-0.15, -0.1) is 0 Å². The molecule has 0 rings (SSSR count). The van der Waals surface area contributed by atoms with Crippen molar-refractivity contribution in [2.45, 2.75) is 36.6 Å². The normalized spacial score (nSPS) is 22.3. The van der Waals surface area contributed by atoms with Crippen LogP contribution in [0.3, 0.4) is 0 Å². The Bertz CT molecular complexity index is 245. The van der Waals surface area contributed by atoms with Crippen molar-refractivity contribution in [2.24, 2.45) is 0 Å². The number of aliphatic hydroxyl groups excluding tert-OH is 7. The van der Waals surface area contributed by atoms with Crippen LogP contribution < -0.4 is 0 Å². The van der Waals surface area contributed by atoms with Gasteiger partial charge in [-0.2, -0.15) is 0 Å². The molecule has 0 spiro atoms. The van der Waals surface area contributed by atoms with Gasteiger partial charge in [-0.1, -0.05) is 0 Å². The molecular formula is C8H16O9. The summed E-state index contributed by atoms with van der Waals surface area (Å²) in [4.78, 5) is 10.3. The molecule has 0 bridgehead atoms. The smallest absolute Gasteiger partial charge is 0.335 e. The Morgan fingerprint density at radius 1 is 0.824 bits per heavy atom. The molecule has 9 nitrogen and oxygen atoms in total. The van der Waals surface area contributed by atoms with E-state index in [0.717, 1.165) is 0 Å². The Labute approximate surface area is 95.8 Å². The highest BCUT2D eigenvalue weighted by Gasteiger charge is 2.39. The molecule has 8 N–H and O–H groups in total. The summed E-state index contributed by atoms with van der Waals surface area (Å²) in [5.74, 6) is -1.83. The second kappa shape index (κ2) is 6.81. The monoisotopic (exact) mass is 256 g/mol. The molecule has 0 aliphatic carbocycles. The first-order chi connectivity index (χ1) is 7.73. The number of rotatable bonds is 7. The van der Waals surface area contributed by atoms with E-state index in [4.69, 9.17) is 30.6 Å². The number of carbonyl (C=O) groups is 1. The van der Waals surface area contributed by atoms with Gasteiger partial charge < -0.3 is 40.9 Å². The SMILES string of the molecule is O=C(O)[C@@H](O)[C@H](O)[C@@H](O)[C@@H](O)[C@@H](O)[C@@H](O)CO. The van der Waals surface area contributed by atoms with Crippen LogP contribution in [0.15, 0.2) is 0 Å². The Morgan fingerprint density at radius 3 is 1.59 bits per heavy atom. The molecule has 17 heavy (non-hydrogen) atoms. The highest BCUT2D eigenvalue weighted by Crippen LogP contribution is 2.11. The van der Waals surface area contributed by atoms with E-state index in [2.05, 4.69) is 0 Å². The standard InChI is InChI=1S/C8H16O9/c9-1-2(10)3(11)4(12)5(13)6(14)7(15)8(16)17/h2-7,9-15H,1H2,(H,16,17)/t2-,3-,4-,5-,6+,7-/m0/s1. The molecule has 0 aromatic rings. The molecule has 0 aromatic heterocycles. The first kappa shape index (κ1) is 16.2. The van der Waals surface area contributed by atoms with Gasteiger partial charge in [-0.3, -0.25) is 0 Å². The molecule has 102 valence electrons. The van der Waals surface area contributed by atoms with E-state index in [1.54, 1.807) is 0 Å². The Morgan fingerprint density at radius 2 is 1.24 bits per heavy atom. The highest BCUT2D eigenvalue weighted by molar-refractivity contribution is 5.72. The van der Waals surface area contributed by atoms with E-state index in [9.17, 15) is 15.0 Å². The van der Waals surface area contributed by atoms with E-state index in [1.807, 2.05) is 0 Å². The van der Waals surface area contributed by atoms with Crippen LogP contribution in [-0.4, -0.2) is 90.1 Å². The van der Waals surface area contributed by atoms with Crippen molar-refractivity contribution >= 4 is 5.97 Å². The minimum absolute atomic E-state index is 0.914. The van der Waals surface area contributed by atoms with Crippen LogP contribution >= 0.6 is 0 Å². The third kappa shape index (κ3) is 4.16. The van der Waals surface area contributed by atoms with Crippen LogP contribution in [0.5, 0.6) is 0 Å². The molecule has 6 atom stereocenters. The minimum atomic E-state index is -2.36. The summed E-state index contributed by atoms with van der Waals surface area (Å²) >= 11 is 0. The number of hydrogen-bond donors (Lipinski definition) is 8. The molecule has 0 radical (unpaired) electrons. The zero-order chi connectivity index (χ0) is 13.7. The van der Waals surface area contributed by atoms with Crippen molar-refractivity contribution in [2.75, 3.05) is 6.61 Å². The first-order valence-corrected chi connectivity index (χ1v) is 4.66. The molecule has 0 aromatic carbocycles. The summed E-state index contributed by atoms with van der Waals surface area (Å²) in [5.41, 5.74) is 0. The molecule has 0 aliphatic rings. The van der Waals surface area contributed by atoms with Crippen LogP contribution in [-0.2, 0) is 4.79 Å². The van der Waals surface area contributed by atoms with Gasteiger partial charge in [0.2, 0.25) is 0 Å². The quantitative estimate of drug-likeness (QED) is 0.222. The zero-order valence-electron chi connectivity index (χ0n) is 8.66. The molecule has 9 heteroatoms. The number of aliphatic hydroxyl groups is 7. The predicted molar refractivity (Wildman–Crippen MR) is 50.8 cm³/mol. The van der Waals surface area contributed by atoms with Gasteiger partial charge in [0.05, 0.1) is 6.61 Å². The lowest BCUT2D eigenvalue weighted by Gasteiger charge is -2.29. The van der Waals surface area contributed by atoms with Gasteiger partial charge in [0, 0.05) is 0 Å². The maximum atomic E-state index is 10.3. The van der Waals surface area contributed by atoms with Crippen molar-refractivity contribution < 1.29 is 45.6 Å². The summed E-state index contributed by atoms with van der Waals surface area (Å²) in [7, 11) is 0. The maximum Gasteiger partial charge on any atom is 0.335 e. The second-order valence-electron chi connectivity index (χ2n) is 3.50. The fourth-order valence-electron chi connectivity index (χ4n) is 1.07. The van der Waals surface area contributed by atoms with Gasteiger partial charge in [0.15, 0.2) is 6.10 Å². The zero-order valence-corrected chi connectivity index (χ0v) is 8.66. The second-order valence-corrected chi connectivity index (χ2v) is 3.50. The topological polar surface area (TPSA) is 179 Å². The Kier molecular flexibility index (Phi) is 6.49. The van der Waals surface area contributed by atoms with Crippen LogP contribution in [0, 0.1) is 0 Å². The van der Waals surface area contributed by atoms with Crippen LogP contribution in [0.4, 0.5) is 0 Å². The van der Waals surface area contributed by atoms with Crippen LogP contribution in [0.25, 0.3) is 0 Å². The lowest BCUT2D eigenvalue weighted by Crippen LogP contribution is -2.54. The number of aliphatic carboxylic acids is 1. The summed E-state index contributed by atoms with van der Waals surface area (Å²) in [6.45, 7) is -0.914. The van der Waals surface area contributed by atoms with Crippen molar-refractivity contribution in [3.63, 3.8) is 0 Å².